The molecule has 0 atom stereocenters. The first kappa shape index (κ1) is 25.8. The number of methoxy groups -OCH3 is 2. The number of carbonyl (C=O) groups excluding carboxylic acids is 2. The van der Waals surface area contributed by atoms with Crippen molar-refractivity contribution < 1.29 is 19.1 Å². The van der Waals surface area contributed by atoms with E-state index < -0.39 is 0 Å². The molecule has 1 fully saturated rings. The van der Waals surface area contributed by atoms with E-state index in [4.69, 9.17) is 0 Å². The van der Waals surface area contributed by atoms with E-state index in [-0.39, 0.29) is 11.9 Å². The van der Waals surface area contributed by atoms with Crippen LogP contribution in [0.3, 0.4) is 0 Å². The molecular weight excluding hydrogens is 372 g/mol. The summed E-state index contributed by atoms with van der Waals surface area (Å²) in [4.78, 5) is 27.3. The summed E-state index contributed by atoms with van der Waals surface area (Å²) in [5.74, 6) is -0.336. The zero-order chi connectivity index (χ0) is 21.3. The van der Waals surface area contributed by atoms with Crippen LogP contribution in [0.4, 0.5) is 0 Å². The van der Waals surface area contributed by atoms with Crippen LogP contribution in [-0.2, 0) is 19.1 Å². The Hall–Kier alpha value is -1.22. The van der Waals surface area contributed by atoms with Crippen molar-refractivity contribution in [2.24, 2.45) is 0 Å². The first-order valence-corrected chi connectivity index (χ1v) is 11.0. The summed E-state index contributed by atoms with van der Waals surface area (Å²) in [7, 11) is 5.00. The Morgan fingerprint density at radius 2 is 1.34 bits per heavy atom. The Kier molecular flexibility index (Phi) is 14.7. The lowest BCUT2D eigenvalue weighted by Crippen LogP contribution is -2.45. The Bertz CT molecular complexity index is 444. The van der Waals surface area contributed by atoms with Gasteiger partial charge in [0.15, 0.2) is 0 Å². The summed E-state index contributed by atoms with van der Waals surface area (Å²) in [6.07, 6.45) is 7.44. The normalized spacial score (nSPS) is 15.1. The molecular formula is C21H42N4O4. The van der Waals surface area contributed by atoms with E-state index in [1.54, 1.807) is 0 Å². The Morgan fingerprint density at radius 1 is 0.793 bits per heavy atom. The molecule has 8 heteroatoms. The van der Waals surface area contributed by atoms with Gasteiger partial charge in [-0.15, -0.1) is 0 Å². The highest BCUT2D eigenvalue weighted by Crippen LogP contribution is 2.22. The predicted molar refractivity (Wildman–Crippen MR) is 115 cm³/mol. The monoisotopic (exact) mass is 414 g/mol. The average molecular weight is 415 g/mol. The molecule has 29 heavy (non-hydrogen) atoms. The number of carbonyl (C=O) groups is 2. The maximum Gasteiger partial charge on any atom is 0.306 e. The maximum absolute atomic E-state index is 11.2. The van der Waals surface area contributed by atoms with Crippen LogP contribution in [0.2, 0.25) is 0 Å². The number of likely N-dealkylation sites (N-methyl/N-ethyl adjacent to an activating group) is 1. The fourth-order valence-electron chi connectivity index (χ4n) is 3.66. The minimum atomic E-state index is -0.172. The van der Waals surface area contributed by atoms with Crippen LogP contribution in [0.1, 0.15) is 44.9 Å². The molecule has 0 unspecified atom stereocenters. The van der Waals surface area contributed by atoms with Gasteiger partial charge in [-0.05, 0) is 19.9 Å². The van der Waals surface area contributed by atoms with Gasteiger partial charge in [-0.1, -0.05) is 19.3 Å². The molecule has 0 heterocycles. The smallest absolute Gasteiger partial charge is 0.306 e. The Labute approximate surface area is 176 Å². The van der Waals surface area contributed by atoms with Gasteiger partial charge in [-0.3, -0.25) is 14.5 Å². The van der Waals surface area contributed by atoms with Crippen LogP contribution < -0.4 is 10.6 Å². The quantitative estimate of drug-likeness (QED) is 0.284. The summed E-state index contributed by atoms with van der Waals surface area (Å²) in [5.41, 5.74) is 0. The van der Waals surface area contributed by atoms with Crippen molar-refractivity contribution in [3.8, 4) is 0 Å². The number of hydrogen-bond acceptors (Lipinski definition) is 8. The molecule has 8 nitrogen and oxygen atoms in total. The van der Waals surface area contributed by atoms with Crippen LogP contribution in [0.15, 0.2) is 0 Å². The number of rotatable bonds is 16. The summed E-state index contributed by atoms with van der Waals surface area (Å²) in [5, 5.41) is 6.66. The molecule has 0 saturated heterocycles. The second-order valence-corrected chi connectivity index (χ2v) is 7.78. The van der Waals surface area contributed by atoms with Crippen LogP contribution in [0.25, 0.3) is 0 Å². The van der Waals surface area contributed by atoms with Gasteiger partial charge in [0.05, 0.1) is 27.1 Å². The van der Waals surface area contributed by atoms with Crippen molar-refractivity contribution in [3.05, 3.63) is 0 Å². The molecule has 1 aliphatic carbocycles. The molecule has 0 aromatic heterocycles. The third-order valence-electron chi connectivity index (χ3n) is 5.57. The first-order chi connectivity index (χ1) is 14.1. The van der Waals surface area contributed by atoms with Crippen molar-refractivity contribution in [1.82, 2.24) is 20.4 Å². The van der Waals surface area contributed by atoms with Crippen LogP contribution in [-0.4, -0.2) is 101 Å². The highest BCUT2D eigenvalue weighted by molar-refractivity contribution is 5.69. The molecule has 1 aliphatic rings. The molecule has 1 rings (SSSR count). The lowest BCUT2D eigenvalue weighted by molar-refractivity contribution is -0.141. The highest BCUT2D eigenvalue weighted by atomic mass is 16.5. The fraction of sp³-hybridized carbons (Fsp3) is 0.905. The van der Waals surface area contributed by atoms with Gasteiger partial charge < -0.3 is 25.0 Å². The fourth-order valence-corrected chi connectivity index (χ4v) is 3.66. The van der Waals surface area contributed by atoms with Gasteiger partial charge in [-0.25, -0.2) is 0 Å². The van der Waals surface area contributed by atoms with E-state index in [0.717, 1.165) is 39.3 Å². The van der Waals surface area contributed by atoms with E-state index in [0.29, 0.717) is 32.0 Å². The number of nitrogens with one attached hydrogen (secondary N) is 2. The SMILES string of the molecule is COC(=O)CCNCCN(C)CCN(CCNCCC(=O)OC)C1CCCCC1. The average Bonchev–Trinajstić information content (AvgIpc) is 2.75. The Balaban J connectivity index is 2.25. The molecule has 0 aromatic carbocycles. The number of nitrogens with zero attached hydrogens (tertiary/aromatic N) is 2. The van der Waals surface area contributed by atoms with Crippen LogP contribution >= 0.6 is 0 Å². The Morgan fingerprint density at radius 3 is 1.90 bits per heavy atom. The zero-order valence-electron chi connectivity index (χ0n) is 18.7. The maximum atomic E-state index is 11.2. The van der Waals surface area contributed by atoms with Gasteiger partial charge in [0.25, 0.3) is 0 Å². The van der Waals surface area contributed by atoms with Gasteiger partial charge in [0, 0.05) is 58.4 Å². The van der Waals surface area contributed by atoms with Crippen LogP contribution in [0, 0.1) is 0 Å². The highest BCUT2D eigenvalue weighted by Gasteiger charge is 2.20. The number of hydrogen-bond donors (Lipinski definition) is 2. The lowest BCUT2D eigenvalue weighted by Gasteiger charge is -2.35. The molecule has 1 saturated carbocycles. The van der Waals surface area contributed by atoms with E-state index >= 15 is 0 Å². The van der Waals surface area contributed by atoms with Gasteiger partial charge in [0.2, 0.25) is 0 Å². The van der Waals surface area contributed by atoms with Crippen molar-refractivity contribution in [2.75, 3.05) is 73.6 Å². The number of esters is 2. The van der Waals surface area contributed by atoms with Crippen molar-refractivity contribution in [2.45, 2.75) is 51.0 Å². The standard InChI is InChI=1S/C21H42N4O4/c1-24(15-13-22-11-9-20(26)28-2)17-18-25(19-7-5-4-6-8-19)16-14-23-12-10-21(27)29-3/h19,22-23H,4-18H2,1-3H3. The molecule has 170 valence electrons. The number of ether oxygens (including phenoxy) is 2. The summed E-state index contributed by atoms with van der Waals surface area (Å²) in [6, 6.07) is 0.678. The minimum absolute atomic E-state index is 0.163. The van der Waals surface area contributed by atoms with E-state index in [1.165, 1.54) is 46.3 Å². The largest absolute Gasteiger partial charge is 0.469 e. The molecule has 0 amide bonds. The first-order valence-electron chi connectivity index (χ1n) is 11.0. The zero-order valence-corrected chi connectivity index (χ0v) is 18.7. The van der Waals surface area contributed by atoms with E-state index in [2.05, 4.69) is 37.0 Å². The van der Waals surface area contributed by atoms with Crippen molar-refractivity contribution >= 4 is 11.9 Å². The molecule has 0 bridgehead atoms. The minimum Gasteiger partial charge on any atom is -0.469 e. The van der Waals surface area contributed by atoms with Gasteiger partial charge in [0.1, 0.15) is 0 Å². The predicted octanol–water partition coefficient (Wildman–Crippen LogP) is 0.858. The van der Waals surface area contributed by atoms with Crippen molar-refractivity contribution in [3.63, 3.8) is 0 Å². The van der Waals surface area contributed by atoms with Crippen molar-refractivity contribution in [1.29, 1.82) is 0 Å². The molecule has 0 aromatic rings. The molecule has 0 radical (unpaired) electrons. The second-order valence-electron chi connectivity index (χ2n) is 7.78. The summed E-state index contributed by atoms with van der Waals surface area (Å²) in [6.45, 7) is 7.14. The second kappa shape index (κ2) is 16.6. The third-order valence-corrected chi connectivity index (χ3v) is 5.57. The molecule has 0 aliphatic heterocycles. The molecule has 2 N–H and O–H groups in total. The summed E-state index contributed by atoms with van der Waals surface area (Å²) >= 11 is 0. The van der Waals surface area contributed by atoms with Gasteiger partial charge in [-0.2, -0.15) is 0 Å². The van der Waals surface area contributed by atoms with E-state index in [9.17, 15) is 9.59 Å². The van der Waals surface area contributed by atoms with Gasteiger partial charge >= 0.3 is 11.9 Å². The molecule has 0 spiro atoms. The topological polar surface area (TPSA) is 83.1 Å². The third kappa shape index (κ3) is 12.8. The van der Waals surface area contributed by atoms with E-state index in [1.807, 2.05) is 0 Å². The van der Waals surface area contributed by atoms with Crippen LogP contribution in [0.5, 0.6) is 0 Å². The summed E-state index contributed by atoms with van der Waals surface area (Å²) < 4.78 is 9.32. The lowest BCUT2D eigenvalue weighted by atomic mass is 9.94.